The fourth-order valence-electron chi connectivity index (χ4n) is 2.71. The van der Waals surface area contributed by atoms with Gasteiger partial charge in [-0.1, -0.05) is 30.3 Å². The molecule has 0 unspecified atom stereocenters. The molecule has 0 saturated carbocycles. The lowest BCUT2D eigenvalue weighted by atomic mass is 10.1. The minimum Gasteiger partial charge on any atom is -0.465 e. The van der Waals surface area contributed by atoms with Crippen molar-refractivity contribution in [2.45, 2.75) is 13.0 Å². The maximum atomic E-state index is 12.3. The van der Waals surface area contributed by atoms with E-state index in [1.807, 2.05) is 25.2 Å². The highest BCUT2D eigenvalue weighted by Gasteiger charge is 2.18. The van der Waals surface area contributed by atoms with Gasteiger partial charge in [0.1, 0.15) is 0 Å². The Bertz CT molecular complexity index is 839. The third kappa shape index (κ3) is 6.17. The van der Waals surface area contributed by atoms with Crippen LogP contribution in [0.2, 0.25) is 0 Å². The molecule has 0 fully saturated rings. The van der Waals surface area contributed by atoms with E-state index in [2.05, 4.69) is 27.1 Å². The molecule has 1 amide bonds. The Morgan fingerprint density at radius 3 is 2.46 bits per heavy atom. The van der Waals surface area contributed by atoms with E-state index < -0.39 is 16.8 Å². The zero-order valence-electron chi connectivity index (χ0n) is 15.9. The first-order chi connectivity index (χ1) is 13.4. The number of nitro groups is 1. The molecule has 2 aromatic rings. The number of nitro benzene ring substituents is 1. The average molecular weight is 385 g/mol. The molecular weight excluding hydrogens is 362 g/mol. The molecule has 8 heteroatoms. The van der Waals surface area contributed by atoms with Crippen LogP contribution in [0.15, 0.2) is 48.5 Å². The molecule has 1 N–H and O–H groups in total. The second kappa shape index (κ2) is 10.2. The minimum atomic E-state index is -0.736. The number of amides is 1. The summed E-state index contributed by atoms with van der Waals surface area (Å²) in [5.74, 6) is -1.21. The van der Waals surface area contributed by atoms with E-state index in [9.17, 15) is 19.7 Å². The highest BCUT2D eigenvalue weighted by molar-refractivity contribution is 5.98. The molecule has 0 bridgehead atoms. The van der Waals surface area contributed by atoms with Crippen LogP contribution in [0.1, 0.15) is 32.7 Å². The largest absolute Gasteiger partial charge is 0.465 e. The average Bonchev–Trinajstić information content (AvgIpc) is 2.70. The van der Waals surface area contributed by atoms with Crippen molar-refractivity contribution < 1.29 is 19.2 Å². The molecule has 0 aliphatic rings. The summed E-state index contributed by atoms with van der Waals surface area (Å²) >= 11 is 0. The second-order valence-electron chi connectivity index (χ2n) is 6.35. The molecule has 28 heavy (non-hydrogen) atoms. The van der Waals surface area contributed by atoms with Gasteiger partial charge < -0.3 is 15.0 Å². The summed E-state index contributed by atoms with van der Waals surface area (Å²) in [6.45, 7) is 1.99. The lowest BCUT2D eigenvalue weighted by Crippen LogP contribution is -2.28. The van der Waals surface area contributed by atoms with E-state index in [0.29, 0.717) is 13.0 Å². The van der Waals surface area contributed by atoms with Crippen LogP contribution in [0.3, 0.4) is 0 Å². The van der Waals surface area contributed by atoms with Crippen molar-refractivity contribution in [1.82, 2.24) is 10.2 Å². The van der Waals surface area contributed by atoms with E-state index >= 15 is 0 Å². The highest BCUT2D eigenvalue weighted by Crippen LogP contribution is 2.18. The van der Waals surface area contributed by atoms with Crippen LogP contribution >= 0.6 is 0 Å². The van der Waals surface area contributed by atoms with Crippen LogP contribution in [-0.4, -0.2) is 48.9 Å². The van der Waals surface area contributed by atoms with Gasteiger partial charge in [0.2, 0.25) is 0 Å². The number of carbonyl (C=O) groups is 2. The zero-order chi connectivity index (χ0) is 20.5. The first-order valence-corrected chi connectivity index (χ1v) is 8.79. The smallest absolute Gasteiger partial charge is 0.338 e. The van der Waals surface area contributed by atoms with Gasteiger partial charge in [-0.2, -0.15) is 0 Å². The maximum absolute atomic E-state index is 12.3. The molecule has 0 atom stereocenters. The summed E-state index contributed by atoms with van der Waals surface area (Å²) in [7, 11) is 3.17. The van der Waals surface area contributed by atoms with Crippen LogP contribution in [0.4, 0.5) is 5.69 Å². The van der Waals surface area contributed by atoms with E-state index in [1.165, 1.54) is 18.7 Å². The number of non-ortho nitro benzene ring substituents is 1. The van der Waals surface area contributed by atoms with Gasteiger partial charge in [-0.25, -0.2) is 4.79 Å². The van der Waals surface area contributed by atoms with Crippen molar-refractivity contribution >= 4 is 17.6 Å². The molecule has 148 valence electrons. The Labute approximate surface area is 163 Å². The van der Waals surface area contributed by atoms with Crippen molar-refractivity contribution in [1.29, 1.82) is 0 Å². The molecule has 0 heterocycles. The van der Waals surface area contributed by atoms with Crippen molar-refractivity contribution in [3.8, 4) is 0 Å². The molecule has 0 aliphatic carbocycles. The van der Waals surface area contributed by atoms with Gasteiger partial charge in [-0.15, -0.1) is 0 Å². The first-order valence-electron chi connectivity index (χ1n) is 8.79. The molecular formula is C20H23N3O5. The Morgan fingerprint density at radius 2 is 1.82 bits per heavy atom. The molecule has 0 radical (unpaired) electrons. The van der Waals surface area contributed by atoms with E-state index in [1.54, 1.807) is 0 Å². The zero-order valence-corrected chi connectivity index (χ0v) is 15.9. The number of ether oxygens (including phenoxy) is 1. The molecule has 2 rings (SSSR count). The van der Waals surface area contributed by atoms with Crippen molar-refractivity contribution in [3.63, 3.8) is 0 Å². The SMILES string of the molecule is COC(=O)c1cc(C(=O)NCCCN(C)Cc2ccccc2)cc([N+](=O)[O-])c1. The summed E-state index contributed by atoms with van der Waals surface area (Å²) in [6, 6.07) is 13.6. The Balaban J connectivity index is 1.89. The number of nitrogens with zero attached hydrogens (tertiary/aromatic N) is 2. The molecule has 0 aromatic heterocycles. The number of benzene rings is 2. The fourth-order valence-corrected chi connectivity index (χ4v) is 2.71. The number of rotatable bonds is 9. The number of methoxy groups -OCH3 is 1. The lowest BCUT2D eigenvalue weighted by molar-refractivity contribution is -0.384. The Kier molecular flexibility index (Phi) is 7.65. The standard InChI is InChI=1S/C20H23N3O5/c1-22(14-15-7-4-3-5-8-15)10-6-9-21-19(24)16-11-17(20(25)28-2)13-18(12-16)23(26)27/h3-5,7-8,11-13H,6,9-10,14H2,1-2H3,(H,21,24). The van der Waals surface area contributed by atoms with Crippen LogP contribution in [0.5, 0.6) is 0 Å². The molecule has 8 nitrogen and oxygen atoms in total. The first kappa shape index (κ1) is 21.0. The summed E-state index contributed by atoms with van der Waals surface area (Å²) < 4.78 is 4.58. The Hall–Kier alpha value is -3.26. The van der Waals surface area contributed by atoms with Gasteiger partial charge in [0.25, 0.3) is 11.6 Å². The van der Waals surface area contributed by atoms with Crippen molar-refractivity contribution in [2.75, 3.05) is 27.2 Å². The van der Waals surface area contributed by atoms with Gasteiger partial charge in [-0.05, 0) is 31.6 Å². The predicted molar refractivity (Wildman–Crippen MR) is 104 cm³/mol. The van der Waals surface area contributed by atoms with Crippen LogP contribution < -0.4 is 5.32 Å². The molecule has 0 spiro atoms. The summed E-state index contributed by atoms with van der Waals surface area (Å²) in [5, 5.41) is 13.8. The lowest BCUT2D eigenvalue weighted by Gasteiger charge is -2.16. The van der Waals surface area contributed by atoms with E-state index in [4.69, 9.17) is 0 Å². The van der Waals surface area contributed by atoms with E-state index in [0.717, 1.165) is 25.2 Å². The number of nitrogens with one attached hydrogen (secondary N) is 1. The van der Waals surface area contributed by atoms with Crippen LogP contribution in [0.25, 0.3) is 0 Å². The van der Waals surface area contributed by atoms with Gasteiger partial charge in [0.05, 0.1) is 17.6 Å². The molecule has 2 aromatic carbocycles. The number of hydrogen-bond acceptors (Lipinski definition) is 6. The summed E-state index contributed by atoms with van der Waals surface area (Å²) in [4.78, 5) is 36.5. The number of esters is 1. The topological polar surface area (TPSA) is 102 Å². The third-order valence-electron chi connectivity index (χ3n) is 4.11. The minimum absolute atomic E-state index is 0.0376. The normalized spacial score (nSPS) is 10.5. The quantitative estimate of drug-likeness (QED) is 0.308. The van der Waals surface area contributed by atoms with Gasteiger partial charge in [0.15, 0.2) is 0 Å². The predicted octanol–water partition coefficient (Wildman–Crippen LogP) is 2.63. The number of carbonyl (C=O) groups excluding carboxylic acids is 2. The fraction of sp³-hybridized carbons (Fsp3) is 0.300. The monoisotopic (exact) mass is 385 g/mol. The second-order valence-corrected chi connectivity index (χ2v) is 6.35. The maximum Gasteiger partial charge on any atom is 0.338 e. The molecule has 0 aliphatic heterocycles. The Morgan fingerprint density at radius 1 is 1.14 bits per heavy atom. The van der Waals surface area contributed by atoms with Crippen molar-refractivity contribution in [2.24, 2.45) is 0 Å². The summed E-state index contributed by atoms with van der Waals surface area (Å²) in [5.41, 5.74) is 0.883. The van der Waals surface area contributed by atoms with Crippen LogP contribution in [-0.2, 0) is 11.3 Å². The van der Waals surface area contributed by atoms with E-state index in [-0.39, 0.29) is 16.8 Å². The number of hydrogen-bond donors (Lipinski definition) is 1. The van der Waals surface area contributed by atoms with Crippen LogP contribution in [0, 0.1) is 10.1 Å². The van der Waals surface area contributed by atoms with Gasteiger partial charge in [0, 0.05) is 30.8 Å². The van der Waals surface area contributed by atoms with Crippen molar-refractivity contribution in [3.05, 3.63) is 75.3 Å². The highest BCUT2D eigenvalue weighted by atomic mass is 16.6. The third-order valence-corrected chi connectivity index (χ3v) is 4.11. The summed E-state index contributed by atoms with van der Waals surface area (Å²) in [6.07, 6.45) is 0.716. The molecule has 0 saturated heterocycles. The van der Waals surface area contributed by atoms with Gasteiger partial charge in [-0.3, -0.25) is 14.9 Å². The van der Waals surface area contributed by atoms with Gasteiger partial charge >= 0.3 is 5.97 Å².